The molecule has 0 saturated carbocycles. The molecule has 0 fully saturated rings. The van der Waals surface area contributed by atoms with E-state index in [1.165, 1.54) is 4.90 Å². The molecule has 7 heteroatoms. The Morgan fingerprint density at radius 2 is 1.70 bits per heavy atom. The lowest BCUT2D eigenvalue weighted by atomic mass is 10.2. The molecular formula is C20H24N2O5. The molecule has 2 aromatic carbocycles. The van der Waals surface area contributed by atoms with Crippen molar-refractivity contribution in [3.8, 4) is 17.2 Å². The fourth-order valence-corrected chi connectivity index (χ4v) is 2.32. The molecule has 0 aliphatic carbocycles. The zero-order valence-corrected chi connectivity index (χ0v) is 15.9. The summed E-state index contributed by atoms with van der Waals surface area (Å²) < 4.78 is 15.8. The number of carbonyl (C=O) groups excluding carboxylic acids is 2. The van der Waals surface area contributed by atoms with Crippen molar-refractivity contribution in [2.24, 2.45) is 0 Å². The zero-order valence-electron chi connectivity index (χ0n) is 15.9. The minimum atomic E-state index is -0.317. The van der Waals surface area contributed by atoms with E-state index in [0.717, 1.165) is 5.56 Å². The number of ether oxygens (including phenoxy) is 3. The molecule has 0 saturated heterocycles. The molecule has 0 heterocycles. The number of amides is 2. The molecular weight excluding hydrogens is 348 g/mol. The fraction of sp³-hybridized carbons (Fsp3) is 0.300. The maximum Gasteiger partial charge on any atom is 0.260 e. The van der Waals surface area contributed by atoms with E-state index >= 15 is 0 Å². The van der Waals surface area contributed by atoms with Gasteiger partial charge in [-0.2, -0.15) is 0 Å². The SMILES string of the molecule is COc1ccc(NC(=O)CN(C)C(=O)COc2ccc(C)cc2OC)cc1. The second kappa shape index (κ2) is 9.47. The van der Waals surface area contributed by atoms with Crippen LogP contribution in [0.1, 0.15) is 5.56 Å². The first-order valence-corrected chi connectivity index (χ1v) is 8.38. The fourth-order valence-electron chi connectivity index (χ4n) is 2.32. The van der Waals surface area contributed by atoms with Gasteiger partial charge in [-0.15, -0.1) is 0 Å². The van der Waals surface area contributed by atoms with Crippen molar-refractivity contribution >= 4 is 17.5 Å². The van der Waals surface area contributed by atoms with Crippen molar-refractivity contribution in [3.63, 3.8) is 0 Å². The summed E-state index contributed by atoms with van der Waals surface area (Å²) in [4.78, 5) is 25.6. The lowest BCUT2D eigenvalue weighted by Gasteiger charge is -2.18. The van der Waals surface area contributed by atoms with Crippen LogP contribution in [0.25, 0.3) is 0 Å². The van der Waals surface area contributed by atoms with Gasteiger partial charge >= 0.3 is 0 Å². The van der Waals surface area contributed by atoms with Gasteiger partial charge in [0.25, 0.3) is 5.91 Å². The van der Waals surface area contributed by atoms with E-state index in [0.29, 0.717) is 22.9 Å². The Morgan fingerprint density at radius 1 is 1.00 bits per heavy atom. The van der Waals surface area contributed by atoms with E-state index in [1.54, 1.807) is 51.6 Å². The molecule has 2 rings (SSSR count). The number of hydrogen-bond donors (Lipinski definition) is 1. The Kier molecular flexibility index (Phi) is 7.05. The Labute approximate surface area is 158 Å². The maximum atomic E-state index is 12.2. The first kappa shape index (κ1) is 20.1. The first-order chi connectivity index (χ1) is 12.9. The molecule has 0 unspecified atom stereocenters. The van der Waals surface area contributed by atoms with E-state index in [4.69, 9.17) is 14.2 Å². The van der Waals surface area contributed by atoms with Gasteiger partial charge in [-0.25, -0.2) is 0 Å². The Bertz CT molecular complexity index is 789. The molecule has 0 spiro atoms. The summed E-state index contributed by atoms with van der Waals surface area (Å²) in [6.07, 6.45) is 0. The van der Waals surface area contributed by atoms with Crippen molar-refractivity contribution in [2.45, 2.75) is 6.92 Å². The van der Waals surface area contributed by atoms with Gasteiger partial charge < -0.3 is 24.4 Å². The number of carbonyl (C=O) groups is 2. The summed E-state index contributed by atoms with van der Waals surface area (Å²) in [5.74, 6) is 1.12. The van der Waals surface area contributed by atoms with Gasteiger partial charge in [-0.1, -0.05) is 6.07 Å². The molecule has 0 aliphatic heterocycles. The minimum Gasteiger partial charge on any atom is -0.497 e. The van der Waals surface area contributed by atoms with E-state index < -0.39 is 0 Å². The zero-order chi connectivity index (χ0) is 19.8. The van der Waals surface area contributed by atoms with Crippen molar-refractivity contribution in [2.75, 3.05) is 39.7 Å². The van der Waals surface area contributed by atoms with Gasteiger partial charge in [0.1, 0.15) is 5.75 Å². The quantitative estimate of drug-likeness (QED) is 0.770. The predicted molar refractivity (Wildman–Crippen MR) is 102 cm³/mol. The van der Waals surface area contributed by atoms with Gasteiger partial charge in [0.05, 0.1) is 20.8 Å². The average Bonchev–Trinajstić information content (AvgIpc) is 2.67. The molecule has 0 aliphatic rings. The Balaban J connectivity index is 1.84. The molecule has 2 aromatic rings. The lowest BCUT2D eigenvalue weighted by molar-refractivity contribution is -0.135. The van der Waals surface area contributed by atoms with Gasteiger partial charge in [0.15, 0.2) is 18.1 Å². The van der Waals surface area contributed by atoms with Crippen LogP contribution >= 0.6 is 0 Å². The number of nitrogens with zero attached hydrogens (tertiary/aromatic N) is 1. The lowest BCUT2D eigenvalue weighted by Crippen LogP contribution is -2.37. The topological polar surface area (TPSA) is 77.1 Å². The monoisotopic (exact) mass is 372 g/mol. The van der Waals surface area contributed by atoms with Crippen molar-refractivity contribution in [1.29, 1.82) is 0 Å². The van der Waals surface area contributed by atoms with Gasteiger partial charge in [-0.05, 0) is 48.9 Å². The standard InChI is InChI=1S/C20H24N2O5/c1-14-5-10-17(18(11-14)26-4)27-13-20(24)22(2)12-19(23)21-15-6-8-16(25-3)9-7-15/h5-11H,12-13H2,1-4H3,(H,21,23). The summed E-state index contributed by atoms with van der Waals surface area (Å²) in [7, 11) is 4.66. The highest BCUT2D eigenvalue weighted by Crippen LogP contribution is 2.27. The highest BCUT2D eigenvalue weighted by molar-refractivity contribution is 5.94. The third kappa shape index (κ3) is 5.91. The molecule has 2 amide bonds. The predicted octanol–water partition coefficient (Wildman–Crippen LogP) is 2.49. The number of hydrogen-bond acceptors (Lipinski definition) is 5. The van der Waals surface area contributed by atoms with Crippen LogP contribution in [0.3, 0.4) is 0 Å². The van der Waals surface area contributed by atoms with Crippen LogP contribution in [0, 0.1) is 6.92 Å². The molecule has 0 atom stereocenters. The summed E-state index contributed by atoms with van der Waals surface area (Å²) in [5, 5.41) is 2.73. The van der Waals surface area contributed by atoms with Crippen molar-refractivity contribution in [3.05, 3.63) is 48.0 Å². The second-order valence-electron chi connectivity index (χ2n) is 5.97. The van der Waals surface area contributed by atoms with E-state index in [1.807, 2.05) is 19.1 Å². The molecule has 0 bridgehead atoms. The van der Waals surface area contributed by atoms with Crippen LogP contribution in [0.5, 0.6) is 17.2 Å². The summed E-state index contributed by atoms with van der Waals surface area (Å²) in [6, 6.07) is 12.4. The van der Waals surface area contributed by atoms with Crippen LogP contribution in [-0.2, 0) is 9.59 Å². The smallest absolute Gasteiger partial charge is 0.260 e. The van der Waals surface area contributed by atoms with Gasteiger partial charge in [-0.3, -0.25) is 9.59 Å². The van der Waals surface area contributed by atoms with Crippen LogP contribution < -0.4 is 19.5 Å². The average molecular weight is 372 g/mol. The van der Waals surface area contributed by atoms with Crippen molar-refractivity contribution in [1.82, 2.24) is 4.90 Å². The van der Waals surface area contributed by atoms with Crippen LogP contribution in [-0.4, -0.2) is 51.1 Å². The van der Waals surface area contributed by atoms with Gasteiger partial charge in [0, 0.05) is 12.7 Å². The van der Waals surface area contributed by atoms with E-state index in [2.05, 4.69) is 5.32 Å². The number of nitrogens with one attached hydrogen (secondary N) is 1. The largest absolute Gasteiger partial charge is 0.497 e. The third-order valence-corrected chi connectivity index (χ3v) is 3.85. The minimum absolute atomic E-state index is 0.0841. The summed E-state index contributed by atoms with van der Waals surface area (Å²) in [6.45, 7) is 1.66. The van der Waals surface area contributed by atoms with Crippen LogP contribution in [0.4, 0.5) is 5.69 Å². The number of aryl methyl sites for hydroxylation is 1. The number of rotatable bonds is 8. The molecule has 27 heavy (non-hydrogen) atoms. The highest BCUT2D eigenvalue weighted by atomic mass is 16.5. The Morgan fingerprint density at radius 3 is 2.33 bits per heavy atom. The van der Waals surface area contributed by atoms with Gasteiger partial charge in [0.2, 0.25) is 5.91 Å². The third-order valence-electron chi connectivity index (χ3n) is 3.85. The van der Waals surface area contributed by atoms with E-state index in [9.17, 15) is 9.59 Å². The maximum absolute atomic E-state index is 12.2. The molecule has 144 valence electrons. The van der Waals surface area contributed by atoms with Crippen molar-refractivity contribution < 1.29 is 23.8 Å². The first-order valence-electron chi connectivity index (χ1n) is 8.38. The van der Waals surface area contributed by atoms with E-state index in [-0.39, 0.29) is 25.0 Å². The Hall–Kier alpha value is -3.22. The summed E-state index contributed by atoms with van der Waals surface area (Å²) >= 11 is 0. The normalized spacial score (nSPS) is 10.1. The second-order valence-corrected chi connectivity index (χ2v) is 5.97. The van der Waals surface area contributed by atoms with Crippen LogP contribution in [0.15, 0.2) is 42.5 Å². The molecule has 7 nitrogen and oxygen atoms in total. The number of likely N-dealkylation sites (N-methyl/N-ethyl adjacent to an activating group) is 1. The molecule has 1 N–H and O–H groups in total. The number of benzene rings is 2. The number of anilines is 1. The molecule has 0 radical (unpaired) electrons. The highest BCUT2D eigenvalue weighted by Gasteiger charge is 2.15. The van der Waals surface area contributed by atoms with Crippen LogP contribution in [0.2, 0.25) is 0 Å². The summed E-state index contributed by atoms with van der Waals surface area (Å²) in [5.41, 5.74) is 1.65. The number of methoxy groups -OCH3 is 2. The molecule has 0 aromatic heterocycles.